The first-order valence-electron chi connectivity index (χ1n) is 13.6. The number of nitrogens with one attached hydrogen (secondary N) is 1. The number of H-pyrrole nitrogens is 1. The molecule has 0 aliphatic carbocycles. The van der Waals surface area contributed by atoms with E-state index in [0.717, 1.165) is 22.3 Å². The zero-order valence-electron chi connectivity index (χ0n) is 23.4. The van der Waals surface area contributed by atoms with Crippen LogP contribution in [0.1, 0.15) is 28.4 Å². The lowest BCUT2D eigenvalue weighted by molar-refractivity contribution is -0.763. The third kappa shape index (κ3) is 5.92. The number of fused-ring (bicyclic) bond motifs is 1. The second kappa shape index (κ2) is 12.4. The van der Waals surface area contributed by atoms with Gasteiger partial charge in [0.05, 0.1) is 29.7 Å². The number of aromatic nitrogens is 6. The summed E-state index contributed by atoms with van der Waals surface area (Å²) < 4.78 is 13.4. The Kier molecular flexibility index (Phi) is 7.90. The summed E-state index contributed by atoms with van der Waals surface area (Å²) >= 11 is 0. The Hall–Kier alpha value is -6.11. The van der Waals surface area contributed by atoms with Crippen molar-refractivity contribution in [2.75, 3.05) is 6.61 Å². The van der Waals surface area contributed by atoms with Gasteiger partial charge in [-0.05, 0) is 58.7 Å². The summed E-state index contributed by atoms with van der Waals surface area (Å²) in [4.78, 5) is 33.1. The molecular formula is C31H25N7O6. The van der Waals surface area contributed by atoms with Crippen LogP contribution in [0, 0.1) is 10.1 Å². The van der Waals surface area contributed by atoms with Crippen LogP contribution in [0.2, 0.25) is 0 Å². The van der Waals surface area contributed by atoms with Crippen molar-refractivity contribution in [3.05, 3.63) is 118 Å². The summed E-state index contributed by atoms with van der Waals surface area (Å²) in [6.45, 7) is 2.36. The van der Waals surface area contributed by atoms with Crippen LogP contribution in [0.3, 0.4) is 0 Å². The Balaban J connectivity index is 1.30. The van der Waals surface area contributed by atoms with Crippen LogP contribution in [0.15, 0.2) is 91.0 Å². The number of hydrogen-bond donors (Lipinski definition) is 1. The number of benzene rings is 4. The number of carbonyl (C=O) groups is 1. The fraction of sp³-hybridized carbons (Fsp3) is 0.129. The summed E-state index contributed by atoms with van der Waals surface area (Å²) in [7, 11) is 0. The highest BCUT2D eigenvalue weighted by Crippen LogP contribution is 2.31. The first-order chi connectivity index (χ1) is 21.5. The van der Waals surface area contributed by atoms with E-state index < -0.39 is 11.1 Å². The molecule has 6 rings (SSSR count). The van der Waals surface area contributed by atoms with E-state index in [2.05, 4.69) is 30.4 Å². The quantitative estimate of drug-likeness (QED) is 0.0911. The molecule has 2 heterocycles. The average Bonchev–Trinajstić information content (AvgIpc) is 3.70. The van der Waals surface area contributed by atoms with Crippen molar-refractivity contribution in [3.8, 4) is 34.3 Å². The number of hydrogen-bond acceptors (Lipinski definition) is 10. The molecule has 0 saturated heterocycles. The number of imidazole rings is 1. The molecule has 0 atom stereocenters. The zero-order chi connectivity index (χ0) is 30.5. The molecule has 0 saturated carbocycles. The van der Waals surface area contributed by atoms with Gasteiger partial charge in [-0.2, -0.15) is 10.2 Å². The van der Waals surface area contributed by atoms with E-state index in [1.54, 1.807) is 36.4 Å². The molecule has 220 valence electrons. The van der Waals surface area contributed by atoms with Gasteiger partial charge in [0.15, 0.2) is 0 Å². The number of tetrazole rings is 1. The van der Waals surface area contributed by atoms with E-state index in [1.165, 1.54) is 6.07 Å². The number of ether oxygens (including phenoxy) is 2. The van der Waals surface area contributed by atoms with Crippen LogP contribution in [-0.2, 0) is 18.0 Å². The first kappa shape index (κ1) is 28.0. The zero-order valence-corrected chi connectivity index (χ0v) is 23.4. The SMILES string of the molecule is CCOc1nc2cccc(C(=O)Oc3cccc(CO[N+](=O)[O-])c3)c2n1Cc1ccc(-c2ccccc2-c2nn[nH]n2)cc1. The third-order valence-electron chi connectivity index (χ3n) is 6.79. The van der Waals surface area contributed by atoms with Crippen LogP contribution in [0.4, 0.5) is 0 Å². The Labute approximate surface area is 250 Å². The van der Waals surface area contributed by atoms with Crippen LogP contribution >= 0.6 is 0 Å². The molecule has 0 spiro atoms. The van der Waals surface area contributed by atoms with Gasteiger partial charge in [0, 0.05) is 5.56 Å². The van der Waals surface area contributed by atoms with Crippen molar-refractivity contribution in [1.29, 1.82) is 0 Å². The average molecular weight is 592 g/mol. The number of nitrogens with zero attached hydrogens (tertiary/aromatic N) is 6. The van der Waals surface area contributed by atoms with E-state index >= 15 is 0 Å². The topological polar surface area (TPSA) is 160 Å². The molecule has 44 heavy (non-hydrogen) atoms. The number of carbonyl (C=O) groups excluding carboxylic acids is 1. The minimum absolute atomic E-state index is 0.226. The molecule has 1 N–H and O–H groups in total. The highest BCUT2D eigenvalue weighted by molar-refractivity contribution is 6.03. The Morgan fingerprint density at radius 3 is 2.50 bits per heavy atom. The lowest BCUT2D eigenvalue weighted by Crippen LogP contribution is -2.12. The minimum atomic E-state index is -0.876. The van der Waals surface area contributed by atoms with E-state index in [9.17, 15) is 14.9 Å². The van der Waals surface area contributed by atoms with Gasteiger partial charge >= 0.3 is 5.97 Å². The fourth-order valence-electron chi connectivity index (χ4n) is 4.88. The molecular weight excluding hydrogens is 566 g/mol. The second-order valence-corrected chi connectivity index (χ2v) is 9.60. The molecule has 0 unspecified atom stereocenters. The maximum absolute atomic E-state index is 13.4. The molecule has 0 fully saturated rings. The Bertz CT molecular complexity index is 1940. The van der Waals surface area contributed by atoms with E-state index in [-0.39, 0.29) is 12.4 Å². The summed E-state index contributed by atoms with van der Waals surface area (Å²) in [5, 5.41) is 24.1. The minimum Gasteiger partial charge on any atom is -0.465 e. The summed E-state index contributed by atoms with van der Waals surface area (Å²) in [5.41, 5.74) is 5.64. The molecule has 13 heteroatoms. The van der Waals surface area contributed by atoms with Crippen LogP contribution in [0.25, 0.3) is 33.5 Å². The summed E-state index contributed by atoms with van der Waals surface area (Å²) in [5.74, 6) is 0.122. The smallest absolute Gasteiger partial charge is 0.345 e. The van der Waals surface area contributed by atoms with Crippen LogP contribution in [0.5, 0.6) is 11.8 Å². The molecule has 6 aromatic rings. The van der Waals surface area contributed by atoms with Gasteiger partial charge in [-0.1, -0.05) is 66.7 Å². The molecule has 0 aliphatic rings. The number of para-hydroxylation sites is 1. The molecule has 0 radical (unpaired) electrons. The Morgan fingerprint density at radius 1 is 0.955 bits per heavy atom. The van der Waals surface area contributed by atoms with Gasteiger partial charge in [0.1, 0.15) is 12.4 Å². The van der Waals surface area contributed by atoms with Crippen molar-refractivity contribution < 1.29 is 24.2 Å². The normalized spacial score (nSPS) is 10.9. The number of aromatic amines is 1. The largest absolute Gasteiger partial charge is 0.465 e. The lowest BCUT2D eigenvalue weighted by Gasteiger charge is -2.13. The van der Waals surface area contributed by atoms with Crippen LogP contribution < -0.4 is 9.47 Å². The first-order valence-corrected chi connectivity index (χ1v) is 13.6. The van der Waals surface area contributed by atoms with Crippen molar-refractivity contribution in [2.45, 2.75) is 20.1 Å². The van der Waals surface area contributed by atoms with Crippen molar-refractivity contribution in [2.24, 2.45) is 0 Å². The fourth-order valence-corrected chi connectivity index (χ4v) is 4.88. The monoisotopic (exact) mass is 591 g/mol. The molecule has 2 aromatic heterocycles. The maximum atomic E-state index is 13.4. The standard InChI is InChI=1S/C31H25N7O6/c1-2-42-31-32-27-12-6-11-26(30(39)44-23-8-5-7-21(17-23)19-43-38(40)41)28(27)37(31)18-20-13-15-22(16-14-20)24-9-3-4-10-25(24)29-33-35-36-34-29/h3-17H,2,18-19H2,1H3,(H,33,34,35,36). The molecule has 13 nitrogen and oxygen atoms in total. The summed E-state index contributed by atoms with van der Waals surface area (Å²) in [6.07, 6.45) is 0. The molecule has 0 bridgehead atoms. The second-order valence-electron chi connectivity index (χ2n) is 9.60. The summed E-state index contributed by atoms with van der Waals surface area (Å²) in [6, 6.07) is 27.8. The van der Waals surface area contributed by atoms with Gasteiger partial charge in [-0.25, -0.2) is 4.79 Å². The molecule has 4 aromatic carbocycles. The van der Waals surface area contributed by atoms with Gasteiger partial charge in [-0.15, -0.1) is 20.3 Å². The van der Waals surface area contributed by atoms with Crippen molar-refractivity contribution in [1.82, 2.24) is 30.2 Å². The van der Waals surface area contributed by atoms with Crippen LogP contribution in [-0.4, -0.2) is 47.8 Å². The lowest BCUT2D eigenvalue weighted by atomic mass is 9.98. The predicted octanol–water partition coefficient (Wildman–Crippen LogP) is 5.26. The van der Waals surface area contributed by atoms with Gasteiger partial charge < -0.3 is 14.3 Å². The Morgan fingerprint density at radius 2 is 1.75 bits per heavy atom. The third-order valence-corrected chi connectivity index (χ3v) is 6.79. The van der Waals surface area contributed by atoms with Gasteiger partial charge in [0.2, 0.25) is 5.82 Å². The van der Waals surface area contributed by atoms with Crippen molar-refractivity contribution in [3.63, 3.8) is 0 Å². The van der Waals surface area contributed by atoms with E-state index in [0.29, 0.717) is 47.1 Å². The number of esters is 1. The van der Waals surface area contributed by atoms with E-state index in [1.807, 2.05) is 60.0 Å². The van der Waals surface area contributed by atoms with E-state index in [4.69, 9.17) is 9.47 Å². The van der Waals surface area contributed by atoms with Gasteiger partial charge in [0.25, 0.3) is 11.1 Å². The highest BCUT2D eigenvalue weighted by atomic mass is 16.9. The van der Waals surface area contributed by atoms with Gasteiger partial charge in [-0.3, -0.25) is 4.57 Å². The maximum Gasteiger partial charge on any atom is 0.345 e. The predicted molar refractivity (Wildman–Crippen MR) is 158 cm³/mol. The number of rotatable bonds is 11. The highest BCUT2D eigenvalue weighted by Gasteiger charge is 2.21. The van der Waals surface area contributed by atoms with Crippen molar-refractivity contribution >= 4 is 17.0 Å². The molecule has 0 amide bonds. The molecule has 0 aliphatic heterocycles.